The molecule has 0 aliphatic carbocycles. The van der Waals surface area contributed by atoms with Crippen molar-refractivity contribution in [1.82, 2.24) is 15.0 Å². The second-order valence-electron chi connectivity index (χ2n) is 8.15. The highest BCUT2D eigenvalue weighted by atomic mass is 19.4. The number of alkyl halides is 3. The Labute approximate surface area is 208 Å². The Hall–Kier alpha value is -3.56. The standard InChI is InChI=1S/C23H24F3N5O6/c24-23(25,26)16-3-1-2-4-17(16)28-22(35)27-13-5-7-15(8-6-13)31-11-14(29-30-31)9-10-36-21-20(34)19(33)18(12-32)37-21/h1-8,11,18-21,32-34H,9-10,12H2,(H2,27,28,35)/t18-,19-,20-,21-/m0/s1. The highest BCUT2D eigenvalue weighted by Gasteiger charge is 2.43. The normalized spacial score (nSPS) is 21.7. The van der Waals surface area contributed by atoms with Crippen molar-refractivity contribution in [3.05, 3.63) is 66.0 Å². The van der Waals surface area contributed by atoms with Crippen molar-refractivity contribution in [1.29, 1.82) is 0 Å². The molecule has 2 amide bonds. The molecule has 0 spiro atoms. The van der Waals surface area contributed by atoms with Crippen LogP contribution < -0.4 is 10.6 Å². The lowest BCUT2D eigenvalue weighted by Crippen LogP contribution is -2.34. The predicted molar refractivity (Wildman–Crippen MR) is 123 cm³/mol. The van der Waals surface area contributed by atoms with Crippen LogP contribution in [0.1, 0.15) is 11.3 Å². The van der Waals surface area contributed by atoms with Gasteiger partial charge in [-0.25, -0.2) is 9.48 Å². The molecule has 1 aromatic heterocycles. The molecule has 2 heterocycles. The molecular formula is C23H24F3N5O6. The summed E-state index contributed by atoms with van der Waals surface area (Å²) in [6, 6.07) is 10.2. The number of carbonyl (C=O) groups is 1. The van der Waals surface area contributed by atoms with E-state index < -0.39 is 49.0 Å². The second kappa shape index (κ2) is 11.2. The molecule has 1 aliphatic heterocycles. The summed E-state index contributed by atoms with van der Waals surface area (Å²) < 4.78 is 51.5. The first-order valence-electron chi connectivity index (χ1n) is 11.2. The maximum Gasteiger partial charge on any atom is 0.418 e. The number of aliphatic hydroxyl groups excluding tert-OH is 3. The van der Waals surface area contributed by atoms with Crippen LogP contribution in [0, 0.1) is 0 Å². The lowest BCUT2D eigenvalue weighted by molar-refractivity contribution is -0.168. The second-order valence-corrected chi connectivity index (χ2v) is 8.15. The summed E-state index contributed by atoms with van der Waals surface area (Å²) >= 11 is 0. The van der Waals surface area contributed by atoms with Crippen molar-refractivity contribution >= 4 is 17.4 Å². The van der Waals surface area contributed by atoms with Crippen molar-refractivity contribution < 1.29 is 42.8 Å². The Balaban J connectivity index is 1.29. The van der Waals surface area contributed by atoms with Gasteiger partial charge in [0.25, 0.3) is 0 Å². The van der Waals surface area contributed by atoms with Gasteiger partial charge in [0.05, 0.1) is 42.0 Å². The summed E-state index contributed by atoms with van der Waals surface area (Å²) in [6.07, 6.45) is -7.14. The van der Waals surface area contributed by atoms with Crippen molar-refractivity contribution in [2.75, 3.05) is 23.8 Å². The van der Waals surface area contributed by atoms with Gasteiger partial charge in [0.15, 0.2) is 6.29 Å². The van der Waals surface area contributed by atoms with Crippen LogP contribution in [-0.4, -0.2) is 74.2 Å². The maximum atomic E-state index is 13.1. The summed E-state index contributed by atoms with van der Waals surface area (Å²) in [4.78, 5) is 12.2. The van der Waals surface area contributed by atoms with Crippen LogP contribution in [0.5, 0.6) is 0 Å². The molecular weight excluding hydrogens is 499 g/mol. The molecule has 1 fully saturated rings. The minimum Gasteiger partial charge on any atom is -0.394 e. The van der Waals surface area contributed by atoms with Gasteiger partial charge in [-0.2, -0.15) is 13.2 Å². The van der Waals surface area contributed by atoms with Gasteiger partial charge in [-0.3, -0.25) is 0 Å². The summed E-state index contributed by atoms with van der Waals surface area (Å²) in [5.74, 6) is 0. The molecule has 14 heteroatoms. The Morgan fingerprint density at radius 1 is 1.08 bits per heavy atom. The molecule has 1 saturated heterocycles. The minimum atomic E-state index is -4.61. The number of nitrogens with one attached hydrogen (secondary N) is 2. The Kier molecular flexibility index (Phi) is 8.04. The van der Waals surface area contributed by atoms with Gasteiger partial charge in [-0.05, 0) is 36.4 Å². The fourth-order valence-corrected chi connectivity index (χ4v) is 3.64. The first-order chi connectivity index (χ1) is 17.7. The van der Waals surface area contributed by atoms with E-state index in [0.29, 0.717) is 23.5 Å². The first kappa shape index (κ1) is 26.5. The van der Waals surface area contributed by atoms with E-state index in [1.54, 1.807) is 30.5 Å². The molecule has 37 heavy (non-hydrogen) atoms. The smallest absolute Gasteiger partial charge is 0.394 e. The molecule has 4 atom stereocenters. The zero-order valence-electron chi connectivity index (χ0n) is 19.2. The van der Waals surface area contributed by atoms with Crippen molar-refractivity contribution in [3.8, 4) is 5.69 Å². The fourth-order valence-electron chi connectivity index (χ4n) is 3.64. The van der Waals surface area contributed by atoms with E-state index in [2.05, 4.69) is 20.9 Å². The molecule has 198 valence electrons. The number of hydrogen-bond acceptors (Lipinski definition) is 8. The fraction of sp³-hybridized carbons (Fsp3) is 0.348. The van der Waals surface area contributed by atoms with E-state index in [9.17, 15) is 28.2 Å². The van der Waals surface area contributed by atoms with E-state index in [-0.39, 0.29) is 12.3 Å². The van der Waals surface area contributed by atoms with Crippen LogP contribution in [0.15, 0.2) is 54.7 Å². The van der Waals surface area contributed by atoms with Gasteiger partial charge in [0.1, 0.15) is 18.3 Å². The highest BCUT2D eigenvalue weighted by molar-refractivity contribution is 6.00. The monoisotopic (exact) mass is 523 g/mol. The van der Waals surface area contributed by atoms with Gasteiger partial charge in [-0.15, -0.1) is 5.10 Å². The Morgan fingerprint density at radius 3 is 2.49 bits per heavy atom. The number of amides is 2. The van der Waals surface area contributed by atoms with E-state index in [4.69, 9.17) is 14.6 Å². The average molecular weight is 523 g/mol. The molecule has 0 saturated carbocycles. The van der Waals surface area contributed by atoms with Crippen molar-refractivity contribution in [3.63, 3.8) is 0 Å². The summed E-state index contributed by atoms with van der Waals surface area (Å²) in [5, 5.41) is 41.5. The van der Waals surface area contributed by atoms with Gasteiger partial charge in [0.2, 0.25) is 0 Å². The lowest BCUT2D eigenvalue weighted by atomic mass is 10.1. The third-order valence-electron chi connectivity index (χ3n) is 5.55. The van der Waals surface area contributed by atoms with Crippen LogP contribution in [-0.2, 0) is 22.1 Å². The predicted octanol–water partition coefficient (Wildman–Crippen LogP) is 1.93. The molecule has 0 radical (unpaired) electrons. The van der Waals surface area contributed by atoms with E-state index in [1.165, 1.54) is 16.8 Å². The highest BCUT2D eigenvalue weighted by Crippen LogP contribution is 2.34. The number of rotatable bonds is 8. The number of para-hydroxylation sites is 1. The molecule has 11 nitrogen and oxygen atoms in total. The quantitative estimate of drug-likeness (QED) is 0.301. The van der Waals surface area contributed by atoms with E-state index in [0.717, 1.165) is 12.1 Å². The minimum absolute atomic E-state index is 0.112. The molecule has 2 aromatic carbocycles. The van der Waals surface area contributed by atoms with Crippen LogP contribution in [0.3, 0.4) is 0 Å². The van der Waals surface area contributed by atoms with Crippen LogP contribution in [0.25, 0.3) is 5.69 Å². The average Bonchev–Trinajstić information content (AvgIpc) is 3.44. The molecule has 5 N–H and O–H groups in total. The zero-order chi connectivity index (χ0) is 26.6. The third-order valence-corrected chi connectivity index (χ3v) is 5.55. The topological polar surface area (TPSA) is 151 Å². The molecule has 0 unspecified atom stereocenters. The Bertz CT molecular complexity index is 1210. The Morgan fingerprint density at radius 2 is 1.81 bits per heavy atom. The number of hydrogen-bond donors (Lipinski definition) is 5. The summed E-state index contributed by atoms with van der Waals surface area (Å²) in [7, 11) is 0. The lowest BCUT2D eigenvalue weighted by Gasteiger charge is -2.14. The molecule has 1 aliphatic rings. The SMILES string of the molecule is O=C(Nc1ccc(-n2cc(CCO[C@H]3O[C@@H](CO)[C@H](O)[C@@H]3O)nn2)cc1)Nc1ccccc1C(F)(F)F. The van der Waals surface area contributed by atoms with Gasteiger partial charge in [-0.1, -0.05) is 17.3 Å². The first-order valence-corrected chi connectivity index (χ1v) is 11.2. The number of ether oxygens (including phenoxy) is 2. The largest absolute Gasteiger partial charge is 0.418 e. The number of halogens is 3. The number of anilines is 2. The van der Waals surface area contributed by atoms with Gasteiger partial charge in [0, 0.05) is 12.1 Å². The van der Waals surface area contributed by atoms with E-state index in [1.807, 2.05) is 0 Å². The molecule has 0 bridgehead atoms. The van der Waals surface area contributed by atoms with Gasteiger partial charge < -0.3 is 35.4 Å². The summed E-state index contributed by atoms with van der Waals surface area (Å²) in [6.45, 7) is -0.335. The molecule has 3 aromatic rings. The van der Waals surface area contributed by atoms with Gasteiger partial charge >= 0.3 is 12.2 Å². The van der Waals surface area contributed by atoms with Crippen LogP contribution in [0.2, 0.25) is 0 Å². The number of nitrogens with zero attached hydrogens (tertiary/aromatic N) is 3. The zero-order valence-corrected chi connectivity index (χ0v) is 19.2. The maximum absolute atomic E-state index is 13.1. The van der Waals surface area contributed by atoms with E-state index >= 15 is 0 Å². The summed E-state index contributed by atoms with van der Waals surface area (Å²) in [5.41, 5.74) is 0.208. The van der Waals surface area contributed by atoms with Crippen molar-refractivity contribution in [2.24, 2.45) is 0 Å². The third kappa shape index (κ3) is 6.42. The number of benzene rings is 2. The number of aromatic nitrogens is 3. The molecule has 4 rings (SSSR count). The van der Waals surface area contributed by atoms with Crippen LogP contribution in [0.4, 0.5) is 29.3 Å². The van der Waals surface area contributed by atoms with Crippen molar-refractivity contribution in [2.45, 2.75) is 37.2 Å². The van der Waals surface area contributed by atoms with Crippen LogP contribution >= 0.6 is 0 Å². The number of aliphatic hydroxyl groups is 3. The number of urea groups is 1. The number of carbonyl (C=O) groups excluding carboxylic acids is 1.